The summed E-state index contributed by atoms with van der Waals surface area (Å²) in [4.78, 5) is 4.52. The predicted octanol–water partition coefficient (Wildman–Crippen LogP) is 5.56. The summed E-state index contributed by atoms with van der Waals surface area (Å²) in [5.74, 6) is 0. The molecule has 2 aliphatic carbocycles. The zero-order valence-corrected chi connectivity index (χ0v) is 17.4. The number of hydrogen-bond donors (Lipinski definition) is 0. The Balaban J connectivity index is 1.59. The molecule has 28 heavy (non-hydrogen) atoms. The largest absolute Gasteiger partial charge is 0.254 e. The first kappa shape index (κ1) is 18.2. The van der Waals surface area contributed by atoms with Gasteiger partial charge in [-0.3, -0.25) is 4.98 Å². The van der Waals surface area contributed by atoms with Gasteiger partial charge >= 0.3 is 0 Å². The number of rotatable bonds is 4. The van der Waals surface area contributed by atoms with Crippen LogP contribution in [-0.4, -0.2) is 31.1 Å². The van der Waals surface area contributed by atoms with Crippen molar-refractivity contribution < 1.29 is 0 Å². The first-order chi connectivity index (χ1) is 13.9. The van der Waals surface area contributed by atoms with Crippen LogP contribution in [0.1, 0.15) is 64.2 Å². The molecule has 0 amide bonds. The van der Waals surface area contributed by atoms with Crippen molar-refractivity contribution in [1.29, 1.82) is 0 Å². The average Bonchev–Trinajstić information content (AvgIpc) is 3.21. The Kier molecular flexibility index (Phi) is 5.40. The molecule has 2 aliphatic rings. The summed E-state index contributed by atoms with van der Waals surface area (Å²) in [6.07, 6.45) is 15.9. The quantitative estimate of drug-likeness (QED) is 0.546. The van der Waals surface area contributed by atoms with E-state index in [2.05, 4.69) is 38.0 Å². The summed E-state index contributed by atoms with van der Waals surface area (Å²) < 4.78 is 2.17. The van der Waals surface area contributed by atoms with Crippen molar-refractivity contribution in [3.63, 3.8) is 0 Å². The summed E-state index contributed by atoms with van der Waals surface area (Å²) in [5.41, 5.74) is 6.09. The van der Waals surface area contributed by atoms with Crippen LogP contribution in [0.15, 0.2) is 42.6 Å². The van der Waals surface area contributed by atoms with Gasteiger partial charge in [0.2, 0.25) is 0 Å². The maximum atomic E-state index is 4.65. The Hall–Kier alpha value is -1.80. The zero-order chi connectivity index (χ0) is 18.8. The van der Waals surface area contributed by atoms with Gasteiger partial charge in [-0.25, -0.2) is 4.52 Å². The van der Waals surface area contributed by atoms with Gasteiger partial charge in [-0.1, -0.05) is 55.9 Å². The Labute approximate surface area is 168 Å². The smallest absolute Gasteiger partial charge is 0.139 e. The van der Waals surface area contributed by atoms with E-state index < -0.39 is 0 Å². The van der Waals surface area contributed by atoms with Gasteiger partial charge in [-0.2, -0.15) is 0 Å². The molecule has 0 aromatic carbocycles. The van der Waals surface area contributed by atoms with E-state index in [1.807, 2.05) is 24.4 Å². The van der Waals surface area contributed by atoms with Gasteiger partial charge in [0, 0.05) is 6.20 Å². The monoisotopic (exact) mass is 392 g/mol. The summed E-state index contributed by atoms with van der Waals surface area (Å²) in [6, 6.07) is 12.7. The molecular weight excluding hydrogens is 363 g/mol. The van der Waals surface area contributed by atoms with E-state index in [1.165, 1.54) is 69.6 Å². The molecule has 3 heterocycles. The molecule has 0 bridgehead atoms. The van der Waals surface area contributed by atoms with Gasteiger partial charge < -0.3 is 0 Å². The highest BCUT2D eigenvalue weighted by molar-refractivity contribution is 7.66. The lowest BCUT2D eigenvalue weighted by molar-refractivity contribution is 0.486. The van der Waals surface area contributed by atoms with Crippen LogP contribution in [0.25, 0.3) is 16.9 Å². The van der Waals surface area contributed by atoms with E-state index >= 15 is 0 Å². The first-order valence-electron chi connectivity index (χ1n) is 11.0. The van der Waals surface area contributed by atoms with E-state index in [0.29, 0.717) is 0 Å². The highest BCUT2D eigenvalue weighted by Gasteiger charge is 2.34. The molecule has 0 spiro atoms. The fourth-order valence-electron chi connectivity index (χ4n) is 5.18. The molecular formula is C23H29N4P. The Bertz CT molecular complexity index is 893. The molecule has 0 aliphatic heterocycles. The molecule has 0 radical (unpaired) electrons. The SMILES string of the molecule is c1ccc(-c2nnn3c(P(C4CCCCC4)C4CCCCC4)cccc23)nc1. The maximum absolute atomic E-state index is 4.65. The molecule has 0 unspecified atom stereocenters. The topological polar surface area (TPSA) is 43.1 Å². The molecule has 2 saturated carbocycles. The molecule has 4 nitrogen and oxygen atoms in total. The van der Waals surface area contributed by atoms with Gasteiger partial charge in [0.25, 0.3) is 0 Å². The van der Waals surface area contributed by atoms with E-state index in [1.54, 1.807) is 0 Å². The van der Waals surface area contributed by atoms with E-state index in [9.17, 15) is 0 Å². The van der Waals surface area contributed by atoms with Crippen molar-refractivity contribution in [3.05, 3.63) is 42.6 Å². The fourth-order valence-corrected chi connectivity index (χ4v) is 8.99. The summed E-state index contributed by atoms with van der Waals surface area (Å²) in [5, 5.41) is 9.21. The normalized spacial score (nSPS) is 19.5. The molecule has 0 atom stereocenters. The second-order valence-corrected chi connectivity index (χ2v) is 11.1. The molecule has 5 rings (SSSR count). The van der Waals surface area contributed by atoms with Crippen LogP contribution in [0.3, 0.4) is 0 Å². The van der Waals surface area contributed by atoms with E-state index in [0.717, 1.165) is 28.2 Å². The molecule has 0 N–H and O–H groups in total. The van der Waals surface area contributed by atoms with Crippen LogP contribution in [0.5, 0.6) is 0 Å². The highest BCUT2D eigenvalue weighted by atomic mass is 31.1. The zero-order valence-electron chi connectivity index (χ0n) is 16.5. The number of pyridine rings is 2. The maximum Gasteiger partial charge on any atom is 0.139 e. The van der Waals surface area contributed by atoms with Gasteiger partial charge in [-0.15, -0.1) is 5.10 Å². The van der Waals surface area contributed by atoms with E-state index in [4.69, 9.17) is 0 Å². The van der Waals surface area contributed by atoms with Crippen molar-refractivity contribution in [2.45, 2.75) is 75.5 Å². The molecule has 2 fully saturated rings. The van der Waals surface area contributed by atoms with Gasteiger partial charge in [0.05, 0.1) is 16.6 Å². The minimum absolute atomic E-state index is 0.207. The fraction of sp³-hybridized carbons (Fsp3) is 0.522. The van der Waals surface area contributed by atoms with Crippen LogP contribution in [-0.2, 0) is 0 Å². The summed E-state index contributed by atoms with van der Waals surface area (Å²) >= 11 is 0. The minimum atomic E-state index is -0.207. The van der Waals surface area contributed by atoms with Crippen molar-refractivity contribution >= 4 is 18.9 Å². The van der Waals surface area contributed by atoms with Crippen LogP contribution in [0.4, 0.5) is 0 Å². The standard InChI is InChI=1S/C23H29N4P/c1-3-10-18(11-4-1)28(19-12-5-2-6-13-19)22-16-9-15-21-23(25-26-27(21)22)20-14-7-8-17-24-20/h7-9,14-19H,1-6,10-13H2. The van der Waals surface area contributed by atoms with E-state index in [-0.39, 0.29) is 7.92 Å². The number of nitrogens with zero attached hydrogens (tertiary/aromatic N) is 4. The van der Waals surface area contributed by atoms with Crippen molar-refractivity contribution in [3.8, 4) is 11.4 Å². The van der Waals surface area contributed by atoms with Crippen molar-refractivity contribution in [2.75, 3.05) is 0 Å². The van der Waals surface area contributed by atoms with Crippen molar-refractivity contribution in [1.82, 2.24) is 19.8 Å². The highest BCUT2D eigenvalue weighted by Crippen LogP contribution is 2.54. The molecule has 3 aromatic heterocycles. The van der Waals surface area contributed by atoms with Crippen LogP contribution < -0.4 is 5.44 Å². The van der Waals surface area contributed by atoms with Gasteiger partial charge in [-0.05, 0) is 69.2 Å². The lowest BCUT2D eigenvalue weighted by atomic mass is 9.99. The molecule has 0 saturated heterocycles. The first-order valence-corrected chi connectivity index (χ1v) is 12.4. The predicted molar refractivity (Wildman–Crippen MR) is 117 cm³/mol. The van der Waals surface area contributed by atoms with Crippen LogP contribution >= 0.6 is 7.92 Å². The Morgan fingerprint density at radius 1 is 0.786 bits per heavy atom. The third kappa shape index (κ3) is 3.48. The average molecular weight is 392 g/mol. The van der Waals surface area contributed by atoms with Gasteiger partial charge in [0.1, 0.15) is 5.69 Å². The van der Waals surface area contributed by atoms with Crippen LogP contribution in [0.2, 0.25) is 0 Å². The number of hydrogen-bond acceptors (Lipinski definition) is 3. The van der Waals surface area contributed by atoms with Crippen molar-refractivity contribution in [2.24, 2.45) is 0 Å². The minimum Gasteiger partial charge on any atom is -0.254 e. The molecule has 3 aromatic rings. The molecule has 146 valence electrons. The Morgan fingerprint density at radius 3 is 2.14 bits per heavy atom. The summed E-state index contributed by atoms with van der Waals surface area (Å²) in [7, 11) is -0.207. The third-order valence-electron chi connectivity index (χ3n) is 6.53. The molecule has 5 heteroatoms. The number of aromatic nitrogens is 4. The number of fused-ring (bicyclic) bond motifs is 1. The lowest BCUT2D eigenvalue weighted by Gasteiger charge is -2.38. The van der Waals surface area contributed by atoms with Crippen LogP contribution in [0, 0.1) is 0 Å². The summed E-state index contributed by atoms with van der Waals surface area (Å²) in [6.45, 7) is 0. The second-order valence-electron chi connectivity index (χ2n) is 8.32. The lowest BCUT2D eigenvalue weighted by Crippen LogP contribution is -2.29. The third-order valence-corrected chi connectivity index (χ3v) is 10.0. The second kappa shape index (κ2) is 8.29. The van der Waals surface area contributed by atoms with Gasteiger partial charge in [0.15, 0.2) is 0 Å². The Morgan fingerprint density at radius 2 is 1.50 bits per heavy atom.